The van der Waals surface area contributed by atoms with Gasteiger partial charge in [0.15, 0.2) is 0 Å². The largest absolute Gasteiger partial charge is 0.338 e. The first kappa shape index (κ1) is 23.4. The molecule has 0 bridgehead atoms. The Balaban J connectivity index is 1.57. The molecule has 0 unspecified atom stereocenters. The lowest BCUT2D eigenvalue weighted by Gasteiger charge is -2.23. The molecule has 0 saturated carbocycles. The van der Waals surface area contributed by atoms with Crippen molar-refractivity contribution in [3.05, 3.63) is 88.4 Å². The third-order valence-electron chi connectivity index (χ3n) is 4.60. The quantitative estimate of drug-likeness (QED) is 0.342. The lowest BCUT2D eigenvalue weighted by atomic mass is 10.2. The van der Waals surface area contributed by atoms with Crippen LogP contribution in [0.3, 0.4) is 0 Å². The Bertz CT molecular complexity index is 1080. The molecular weight excluding hydrogens is 447 g/mol. The molecule has 0 aliphatic carbocycles. The second-order valence-corrected chi connectivity index (χ2v) is 7.96. The average Bonchev–Trinajstić information content (AvgIpc) is 2.77. The van der Waals surface area contributed by atoms with Crippen molar-refractivity contribution in [1.82, 2.24) is 5.32 Å². The van der Waals surface area contributed by atoms with E-state index in [2.05, 4.69) is 16.0 Å². The molecule has 3 aromatic rings. The third-order valence-corrected chi connectivity index (χ3v) is 5.34. The van der Waals surface area contributed by atoms with Gasteiger partial charge >= 0.3 is 12.1 Å². The third kappa shape index (κ3) is 6.90. The van der Waals surface area contributed by atoms with Gasteiger partial charge in [-0.05, 0) is 61.4 Å². The predicted octanol–water partition coefficient (Wildman–Crippen LogP) is 6.55. The fraction of sp³-hybridized carbons (Fsp3) is 0.167. The molecule has 0 aliphatic rings. The van der Waals surface area contributed by atoms with Crippen molar-refractivity contribution in [3.63, 3.8) is 0 Å². The first-order valence-electron chi connectivity index (χ1n) is 10.1. The summed E-state index contributed by atoms with van der Waals surface area (Å²) in [6.07, 6.45) is 0.560. The van der Waals surface area contributed by atoms with Gasteiger partial charge in [0, 0.05) is 30.2 Å². The second-order valence-electron chi connectivity index (χ2n) is 7.15. The Hall–Kier alpha value is -3.22. The molecule has 0 heterocycles. The van der Waals surface area contributed by atoms with Crippen LogP contribution in [0.25, 0.3) is 0 Å². The number of benzene rings is 3. The Morgan fingerprint density at radius 3 is 2.31 bits per heavy atom. The minimum Gasteiger partial charge on any atom is -0.338 e. The Kier molecular flexibility index (Phi) is 8.36. The van der Waals surface area contributed by atoms with Gasteiger partial charge in [-0.15, -0.1) is 0 Å². The molecule has 3 rings (SSSR count). The van der Waals surface area contributed by atoms with E-state index in [0.29, 0.717) is 35.2 Å². The van der Waals surface area contributed by atoms with E-state index in [-0.39, 0.29) is 12.1 Å². The number of nitrogens with one attached hydrogen (secondary N) is 3. The predicted molar refractivity (Wildman–Crippen MR) is 132 cm³/mol. The maximum Gasteiger partial charge on any atom is 0.326 e. The zero-order chi connectivity index (χ0) is 22.9. The van der Waals surface area contributed by atoms with Crippen LogP contribution in [0.5, 0.6) is 0 Å². The van der Waals surface area contributed by atoms with Crippen LogP contribution in [0.15, 0.2) is 72.8 Å². The lowest BCUT2D eigenvalue weighted by molar-refractivity contribution is 0.252. The topological polar surface area (TPSA) is 73.5 Å². The van der Waals surface area contributed by atoms with E-state index < -0.39 is 0 Å². The van der Waals surface area contributed by atoms with Crippen LogP contribution in [-0.2, 0) is 0 Å². The van der Waals surface area contributed by atoms with Gasteiger partial charge in [-0.1, -0.05) is 53.5 Å². The van der Waals surface area contributed by atoms with Gasteiger partial charge in [0.2, 0.25) is 0 Å². The minimum absolute atomic E-state index is 0.290. The SMILES string of the molecule is Cc1cccc(NC(=O)NCCCN(C(=O)Nc2ccc(Cl)c(Cl)c2)c2ccccc2)c1. The summed E-state index contributed by atoms with van der Waals surface area (Å²) >= 11 is 12.0. The fourth-order valence-electron chi connectivity index (χ4n) is 3.06. The first-order chi connectivity index (χ1) is 15.4. The number of para-hydroxylation sites is 1. The molecule has 0 saturated heterocycles. The van der Waals surface area contributed by atoms with Gasteiger partial charge in [0.05, 0.1) is 10.0 Å². The highest BCUT2D eigenvalue weighted by Gasteiger charge is 2.16. The van der Waals surface area contributed by atoms with Crippen LogP contribution >= 0.6 is 23.2 Å². The zero-order valence-corrected chi connectivity index (χ0v) is 19.1. The van der Waals surface area contributed by atoms with Crippen molar-refractivity contribution in [1.29, 1.82) is 0 Å². The number of hydrogen-bond donors (Lipinski definition) is 3. The Labute approximate surface area is 197 Å². The van der Waals surface area contributed by atoms with Crippen LogP contribution in [0.2, 0.25) is 10.0 Å². The number of aryl methyl sites for hydroxylation is 1. The monoisotopic (exact) mass is 470 g/mol. The van der Waals surface area contributed by atoms with Crippen LogP contribution in [0.1, 0.15) is 12.0 Å². The van der Waals surface area contributed by atoms with Crippen LogP contribution in [-0.4, -0.2) is 25.2 Å². The summed E-state index contributed by atoms with van der Waals surface area (Å²) in [5.41, 5.74) is 3.08. The first-order valence-corrected chi connectivity index (χ1v) is 10.9. The normalized spacial score (nSPS) is 10.3. The lowest BCUT2D eigenvalue weighted by Crippen LogP contribution is -2.38. The summed E-state index contributed by atoms with van der Waals surface area (Å²) in [7, 11) is 0. The summed E-state index contributed by atoms with van der Waals surface area (Å²) in [4.78, 5) is 26.7. The Morgan fingerprint density at radius 1 is 0.844 bits per heavy atom. The van der Waals surface area contributed by atoms with Crippen LogP contribution in [0.4, 0.5) is 26.7 Å². The summed E-state index contributed by atoms with van der Waals surface area (Å²) in [5, 5.41) is 9.24. The van der Waals surface area contributed by atoms with Crippen molar-refractivity contribution in [2.45, 2.75) is 13.3 Å². The molecule has 32 heavy (non-hydrogen) atoms. The van der Waals surface area contributed by atoms with E-state index in [9.17, 15) is 9.59 Å². The molecule has 166 valence electrons. The number of amides is 4. The van der Waals surface area contributed by atoms with E-state index in [0.717, 1.165) is 16.9 Å². The van der Waals surface area contributed by atoms with Gasteiger partial charge < -0.3 is 16.0 Å². The average molecular weight is 471 g/mol. The number of carbonyl (C=O) groups excluding carboxylic acids is 2. The summed E-state index contributed by atoms with van der Waals surface area (Å²) < 4.78 is 0. The molecule has 6 nitrogen and oxygen atoms in total. The summed E-state index contributed by atoms with van der Waals surface area (Å²) in [5.74, 6) is 0. The summed E-state index contributed by atoms with van der Waals surface area (Å²) in [6.45, 7) is 2.77. The number of nitrogens with zero attached hydrogens (tertiary/aromatic N) is 1. The van der Waals surface area contributed by atoms with Crippen molar-refractivity contribution in [3.8, 4) is 0 Å². The van der Waals surface area contributed by atoms with Crippen LogP contribution in [0, 0.1) is 6.92 Å². The smallest absolute Gasteiger partial charge is 0.326 e. The number of carbonyl (C=O) groups is 2. The molecular formula is C24H24Cl2N4O2. The Morgan fingerprint density at radius 2 is 1.59 bits per heavy atom. The molecule has 0 aliphatic heterocycles. The molecule has 8 heteroatoms. The summed E-state index contributed by atoms with van der Waals surface area (Å²) in [6, 6.07) is 21.2. The number of halogens is 2. The zero-order valence-electron chi connectivity index (χ0n) is 17.6. The molecule has 4 amide bonds. The molecule has 0 radical (unpaired) electrons. The van der Waals surface area contributed by atoms with Gasteiger partial charge in [-0.2, -0.15) is 0 Å². The van der Waals surface area contributed by atoms with E-state index in [4.69, 9.17) is 23.2 Å². The van der Waals surface area contributed by atoms with Crippen LogP contribution < -0.4 is 20.9 Å². The van der Waals surface area contributed by atoms with Gasteiger partial charge in [-0.3, -0.25) is 4.90 Å². The number of rotatable bonds is 7. The molecule has 0 aromatic heterocycles. The van der Waals surface area contributed by atoms with E-state index in [1.165, 1.54) is 0 Å². The molecule has 3 aromatic carbocycles. The number of anilines is 3. The highest BCUT2D eigenvalue weighted by atomic mass is 35.5. The fourth-order valence-corrected chi connectivity index (χ4v) is 3.36. The van der Waals surface area contributed by atoms with Crippen molar-refractivity contribution in [2.75, 3.05) is 28.6 Å². The molecule has 0 spiro atoms. The minimum atomic E-state index is -0.307. The number of hydrogen-bond acceptors (Lipinski definition) is 2. The van der Waals surface area contributed by atoms with Crippen molar-refractivity contribution < 1.29 is 9.59 Å². The maximum atomic E-state index is 12.9. The van der Waals surface area contributed by atoms with E-state index in [1.54, 1.807) is 23.1 Å². The van der Waals surface area contributed by atoms with Gasteiger partial charge in [0.25, 0.3) is 0 Å². The molecule has 0 fully saturated rings. The van der Waals surface area contributed by atoms with Crippen molar-refractivity contribution >= 4 is 52.3 Å². The standard InChI is InChI=1S/C24H24Cl2N4O2/c1-17-7-5-8-18(15-17)28-23(31)27-13-6-14-30(20-9-3-2-4-10-20)24(32)29-19-11-12-21(25)22(26)16-19/h2-5,7-12,15-16H,6,13-14H2,1H3,(H,29,32)(H2,27,28,31). The number of urea groups is 2. The van der Waals surface area contributed by atoms with Gasteiger partial charge in [0.1, 0.15) is 0 Å². The highest BCUT2D eigenvalue weighted by molar-refractivity contribution is 6.42. The molecule has 0 atom stereocenters. The highest BCUT2D eigenvalue weighted by Crippen LogP contribution is 2.25. The van der Waals surface area contributed by atoms with E-state index in [1.807, 2.05) is 61.5 Å². The van der Waals surface area contributed by atoms with Crippen molar-refractivity contribution in [2.24, 2.45) is 0 Å². The second kappa shape index (κ2) is 11.4. The molecule has 3 N–H and O–H groups in total. The van der Waals surface area contributed by atoms with Gasteiger partial charge in [-0.25, -0.2) is 9.59 Å². The maximum absolute atomic E-state index is 12.9. The van der Waals surface area contributed by atoms with E-state index >= 15 is 0 Å².